The van der Waals surface area contributed by atoms with Gasteiger partial charge in [-0.1, -0.05) is 6.92 Å². The normalized spacial score (nSPS) is 35.0. The van der Waals surface area contributed by atoms with E-state index >= 15 is 0 Å². The van der Waals surface area contributed by atoms with E-state index in [1.165, 1.54) is 0 Å². The summed E-state index contributed by atoms with van der Waals surface area (Å²) in [5.41, 5.74) is -0.360. The fraction of sp³-hybridized carbons (Fsp3) is 0.929. The second-order valence-corrected chi connectivity index (χ2v) is 6.12. The quantitative estimate of drug-likeness (QED) is 0.839. The molecule has 2 aliphatic rings. The molecule has 0 aromatic carbocycles. The van der Waals surface area contributed by atoms with E-state index in [2.05, 4.69) is 10.6 Å². The van der Waals surface area contributed by atoms with Crippen molar-refractivity contribution >= 4 is 5.91 Å². The van der Waals surface area contributed by atoms with Gasteiger partial charge in [0.25, 0.3) is 0 Å². The molecule has 1 unspecified atom stereocenters. The highest BCUT2D eigenvalue weighted by Gasteiger charge is 2.43. The zero-order valence-corrected chi connectivity index (χ0v) is 11.9. The third kappa shape index (κ3) is 3.27. The first-order valence-corrected chi connectivity index (χ1v) is 7.46. The molecule has 2 N–H and O–H groups in total. The van der Waals surface area contributed by atoms with Crippen LogP contribution in [0.3, 0.4) is 0 Å². The number of hydrogen-bond donors (Lipinski definition) is 2. The molecule has 0 aromatic heterocycles. The molecule has 2 fully saturated rings. The van der Waals surface area contributed by atoms with Crippen molar-refractivity contribution < 1.29 is 18.0 Å². The molecule has 1 heterocycles. The summed E-state index contributed by atoms with van der Waals surface area (Å²) in [5.74, 6) is -1.18. The van der Waals surface area contributed by atoms with E-state index in [-0.39, 0.29) is 30.2 Å². The molecule has 1 aliphatic carbocycles. The number of hydrogen-bond acceptors (Lipinski definition) is 2. The molecule has 6 heteroatoms. The molecule has 116 valence electrons. The van der Waals surface area contributed by atoms with Gasteiger partial charge >= 0.3 is 6.18 Å². The van der Waals surface area contributed by atoms with Gasteiger partial charge in [0.05, 0.1) is 11.3 Å². The highest BCUT2D eigenvalue weighted by molar-refractivity contribution is 5.83. The Morgan fingerprint density at radius 2 is 1.95 bits per heavy atom. The van der Waals surface area contributed by atoms with E-state index in [1.54, 1.807) is 0 Å². The maximum atomic E-state index is 12.6. The van der Waals surface area contributed by atoms with Gasteiger partial charge in [-0.3, -0.25) is 4.79 Å². The van der Waals surface area contributed by atoms with E-state index in [1.807, 2.05) is 6.92 Å². The van der Waals surface area contributed by atoms with E-state index in [0.717, 1.165) is 19.4 Å². The first kappa shape index (κ1) is 15.6. The van der Waals surface area contributed by atoms with Crippen LogP contribution in [0.2, 0.25) is 0 Å². The van der Waals surface area contributed by atoms with Crippen molar-refractivity contribution in [3.05, 3.63) is 0 Å². The van der Waals surface area contributed by atoms with E-state index in [9.17, 15) is 18.0 Å². The number of nitrogens with one attached hydrogen (secondary N) is 2. The summed E-state index contributed by atoms with van der Waals surface area (Å²) in [6.07, 6.45) is -1.38. The van der Waals surface area contributed by atoms with E-state index in [4.69, 9.17) is 0 Å². The molecule has 0 aromatic rings. The summed E-state index contributed by atoms with van der Waals surface area (Å²) in [6, 6.07) is -0.0925. The van der Waals surface area contributed by atoms with Crippen molar-refractivity contribution in [3.8, 4) is 0 Å². The van der Waals surface area contributed by atoms with Crippen LogP contribution in [0, 0.1) is 11.3 Å². The number of amides is 1. The van der Waals surface area contributed by atoms with Crippen LogP contribution >= 0.6 is 0 Å². The van der Waals surface area contributed by atoms with E-state index in [0.29, 0.717) is 19.4 Å². The number of alkyl halides is 3. The first-order valence-electron chi connectivity index (χ1n) is 7.46. The molecule has 0 bridgehead atoms. The van der Waals surface area contributed by atoms with Crippen LogP contribution in [0.15, 0.2) is 0 Å². The minimum Gasteiger partial charge on any atom is -0.353 e. The molecule has 0 radical (unpaired) electrons. The lowest BCUT2D eigenvalue weighted by Crippen LogP contribution is -2.48. The van der Waals surface area contributed by atoms with Gasteiger partial charge < -0.3 is 10.6 Å². The molecule has 1 saturated heterocycles. The molecule has 3 nitrogen and oxygen atoms in total. The second kappa shape index (κ2) is 5.92. The number of rotatable bonds is 3. The fourth-order valence-corrected chi connectivity index (χ4v) is 3.30. The Balaban J connectivity index is 1.85. The van der Waals surface area contributed by atoms with Crippen molar-refractivity contribution in [2.24, 2.45) is 11.3 Å². The summed E-state index contributed by atoms with van der Waals surface area (Å²) in [4.78, 5) is 12.4. The second-order valence-electron chi connectivity index (χ2n) is 6.12. The molecule has 20 heavy (non-hydrogen) atoms. The molecule has 1 amide bonds. The van der Waals surface area contributed by atoms with Crippen molar-refractivity contribution in [2.75, 3.05) is 13.1 Å². The summed E-state index contributed by atoms with van der Waals surface area (Å²) in [7, 11) is 0. The fourth-order valence-electron chi connectivity index (χ4n) is 3.30. The minimum absolute atomic E-state index is 0.0143. The van der Waals surface area contributed by atoms with Gasteiger partial charge in [0.2, 0.25) is 5.91 Å². The van der Waals surface area contributed by atoms with Gasteiger partial charge in [-0.2, -0.15) is 13.2 Å². The van der Waals surface area contributed by atoms with Crippen LogP contribution in [-0.4, -0.2) is 31.2 Å². The molecule has 1 saturated carbocycles. The van der Waals surface area contributed by atoms with Crippen molar-refractivity contribution in [2.45, 2.75) is 57.7 Å². The Labute approximate surface area is 117 Å². The molecular weight excluding hydrogens is 269 g/mol. The molecule has 1 atom stereocenters. The lowest BCUT2D eigenvalue weighted by atomic mass is 9.81. The number of carbonyl (C=O) groups excluding carboxylic acids is 1. The predicted molar refractivity (Wildman–Crippen MR) is 70.2 cm³/mol. The Morgan fingerprint density at radius 3 is 2.40 bits per heavy atom. The number of carbonyl (C=O) groups is 1. The summed E-state index contributed by atoms with van der Waals surface area (Å²) >= 11 is 0. The Hall–Kier alpha value is -0.780. The zero-order valence-electron chi connectivity index (χ0n) is 11.9. The van der Waals surface area contributed by atoms with Gasteiger partial charge in [0.1, 0.15) is 0 Å². The molecule has 1 aliphatic heterocycles. The average Bonchev–Trinajstić information content (AvgIpc) is 2.88. The maximum Gasteiger partial charge on any atom is 0.391 e. The third-order valence-electron chi connectivity index (χ3n) is 4.93. The largest absolute Gasteiger partial charge is 0.391 e. The van der Waals surface area contributed by atoms with Crippen LogP contribution in [0.1, 0.15) is 45.4 Å². The molecule has 0 spiro atoms. The van der Waals surface area contributed by atoms with Crippen molar-refractivity contribution in [1.29, 1.82) is 0 Å². The van der Waals surface area contributed by atoms with Crippen LogP contribution in [-0.2, 0) is 4.79 Å². The third-order valence-corrected chi connectivity index (χ3v) is 4.93. The Kier molecular flexibility index (Phi) is 4.62. The maximum absolute atomic E-state index is 12.6. The van der Waals surface area contributed by atoms with Gasteiger partial charge in [0, 0.05) is 12.6 Å². The summed E-state index contributed by atoms with van der Waals surface area (Å²) < 4.78 is 37.8. The van der Waals surface area contributed by atoms with Crippen LogP contribution < -0.4 is 10.6 Å². The van der Waals surface area contributed by atoms with Crippen LogP contribution in [0.25, 0.3) is 0 Å². The lowest BCUT2D eigenvalue weighted by Gasteiger charge is -2.33. The van der Waals surface area contributed by atoms with E-state index < -0.39 is 12.1 Å². The Bertz CT molecular complexity index is 343. The van der Waals surface area contributed by atoms with Crippen molar-refractivity contribution in [1.82, 2.24) is 10.6 Å². The van der Waals surface area contributed by atoms with Crippen LogP contribution in [0.5, 0.6) is 0 Å². The monoisotopic (exact) mass is 292 g/mol. The number of halogens is 3. The topological polar surface area (TPSA) is 41.1 Å². The zero-order chi connectivity index (χ0) is 14.8. The van der Waals surface area contributed by atoms with Gasteiger partial charge in [-0.15, -0.1) is 0 Å². The van der Waals surface area contributed by atoms with Crippen molar-refractivity contribution in [3.63, 3.8) is 0 Å². The summed E-state index contributed by atoms with van der Waals surface area (Å²) in [5, 5.41) is 6.18. The highest BCUT2D eigenvalue weighted by atomic mass is 19.4. The smallest absolute Gasteiger partial charge is 0.353 e. The Morgan fingerprint density at radius 1 is 1.30 bits per heavy atom. The van der Waals surface area contributed by atoms with Gasteiger partial charge in [0.15, 0.2) is 0 Å². The predicted octanol–water partition coefficient (Wildman–Crippen LogP) is 2.61. The highest BCUT2D eigenvalue weighted by Crippen LogP contribution is 2.38. The first-order chi connectivity index (χ1) is 9.37. The molecular formula is C14H23F3N2O. The van der Waals surface area contributed by atoms with Crippen LogP contribution in [0.4, 0.5) is 13.2 Å². The molecule has 2 rings (SSSR count). The summed E-state index contributed by atoms with van der Waals surface area (Å²) in [6.45, 7) is 3.50. The minimum atomic E-state index is -4.09. The van der Waals surface area contributed by atoms with Gasteiger partial charge in [-0.05, 0) is 45.1 Å². The lowest BCUT2D eigenvalue weighted by molar-refractivity contribution is -0.182. The standard InChI is InChI=1S/C14H23F3N2O/c1-2-13(7-8-18-9-13)12(20)19-11-5-3-10(4-6-11)14(15,16)17/h10-11,18H,2-9H2,1H3,(H,19,20). The van der Waals surface area contributed by atoms with Gasteiger partial charge in [-0.25, -0.2) is 0 Å². The SMILES string of the molecule is CCC1(C(=O)NC2CCC(C(F)(F)F)CC2)CCNC1. The average molecular weight is 292 g/mol.